The number of fused-ring (bicyclic) bond motifs is 1. The van der Waals surface area contributed by atoms with Gasteiger partial charge in [-0.3, -0.25) is 9.78 Å². The van der Waals surface area contributed by atoms with E-state index in [2.05, 4.69) is 20.6 Å². The summed E-state index contributed by atoms with van der Waals surface area (Å²) in [5, 5.41) is 8.73. The Hall–Kier alpha value is -3.19. The molecular formula is C21H24N6O. The van der Waals surface area contributed by atoms with Crippen LogP contribution in [0.4, 0.5) is 17.3 Å². The maximum atomic E-state index is 11.9. The third kappa shape index (κ3) is 3.89. The highest BCUT2D eigenvalue weighted by Gasteiger charge is 2.22. The van der Waals surface area contributed by atoms with Gasteiger partial charge in [-0.25, -0.2) is 4.98 Å². The fourth-order valence-corrected chi connectivity index (χ4v) is 3.66. The zero-order valence-electron chi connectivity index (χ0n) is 15.6. The first-order chi connectivity index (χ1) is 13.6. The molecule has 2 unspecified atom stereocenters. The lowest BCUT2D eigenvalue weighted by atomic mass is 9.91. The quantitative estimate of drug-likeness (QED) is 0.543. The summed E-state index contributed by atoms with van der Waals surface area (Å²) < 4.78 is 0. The first kappa shape index (κ1) is 18.2. The van der Waals surface area contributed by atoms with Crippen LogP contribution in [-0.2, 0) is 0 Å². The SMILES string of the molecule is NC(=O)c1ccc(NC2CCCCC2N)nc1Nc1ccc2cnccc2c1. The van der Waals surface area contributed by atoms with E-state index in [0.29, 0.717) is 17.2 Å². The van der Waals surface area contributed by atoms with Crippen molar-refractivity contribution in [1.82, 2.24) is 9.97 Å². The van der Waals surface area contributed by atoms with Crippen LogP contribution in [0.3, 0.4) is 0 Å². The zero-order chi connectivity index (χ0) is 19.5. The smallest absolute Gasteiger partial charge is 0.252 e. The van der Waals surface area contributed by atoms with Crippen molar-refractivity contribution in [2.75, 3.05) is 10.6 Å². The molecule has 4 rings (SSSR count). The lowest BCUT2D eigenvalue weighted by molar-refractivity contribution is 0.100. The number of hydrogen-bond acceptors (Lipinski definition) is 6. The number of primary amides is 1. The van der Waals surface area contributed by atoms with Crippen LogP contribution in [0.1, 0.15) is 36.0 Å². The minimum atomic E-state index is -0.527. The molecule has 7 nitrogen and oxygen atoms in total. The zero-order valence-corrected chi connectivity index (χ0v) is 15.6. The number of carbonyl (C=O) groups is 1. The molecule has 3 aromatic rings. The van der Waals surface area contributed by atoms with Crippen LogP contribution in [0.2, 0.25) is 0 Å². The minimum absolute atomic E-state index is 0.108. The summed E-state index contributed by atoms with van der Waals surface area (Å²) in [5.74, 6) is 0.580. The van der Waals surface area contributed by atoms with E-state index in [1.54, 1.807) is 18.3 Å². The Morgan fingerprint density at radius 3 is 2.75 bits per heavy atom. The highest BCUT2D eigenvalue weighted by Crippen LogP contribution is 2.26. The molecule has 0 aliphatic heterocycles. The monoisotopic (exact) mass is 376 g/mol. The molecule has 1 saturated carbocycles. The van der Waals surface area contributed by atoms with Crippen molar-refractivity contribution in [2.45, 2.75) is 37.8 Å². The molecule has 2 aromatic heterocycles. The third-order valence-corrected chi connectivity index (χ3v) is 5.22. The number of nitrogens with zero attached hydrogens (tertiary/aromatic N) is 2. The Labute approximate surface area is 163 Å². The van der Waals surface area contributed by atoms with Crippen molar-refractivity contribution in [2.24, 2.45) is 11.5 Å². The van der Waals surface area contributed by atoms with Gasteiger partial charge in [-0.1, -0.05) is 18.9 Å². The molecule has 7 heteroatoms. The number of nitrogens with one attached hydrogen (secondary N) is 2. The maximum Gasteiger partial charge on any atom is 0.252 e. The average Bonchev–Trinajstić information content (AvgIpc) is 2.70. The van der Waals surface area contributed by atoms with Crippen molar-refractivity contribution in [1.29, 1.82) is 0 Å². The number of rotatable bonds is 5. The van der Waals surface area contributed by atoms with E-state index in [1.807, 2.05) is 30.5 Å². The fourth-order valence-electron chi connectivity index (χ4n) is 3.66. The van der Waals surface area contributed by atoms with Crippen LogP contribution >= 0.6 is 0 Å². The van der Waals surface area contributed by atoms with Gasteiger partial charge in [0.2, 0.25) is 0 Å². The molecule has 144 valence electrons. The molecule has 1 aromatic carbocycles. The van der Waals surface area contributed by atoms with Gasteiger partial charge < -0.3 is 22.1 Å². The summed E-state index contributed by atoms with van der Waals surface area (Å²) in [6, 6.07) is 11.6. The van der Waals surface area contributed by atoms with E-state index in [9.17, 15) is 4.79 Å². The molecule has 28 heavy (non-hydrogen) atoms. The molecule has 1 aliphatic rings. The molecular weight excluding hydrogens is 352 g/mol. The van der Waals surface area contributed by atoms with Crippen molar-refractivity contribution in [3.63, 3.8) is 0 Å². The summed E-state index contributed by atoms with van der Waals surface area (Å²) in [7, 11) is 0. The molecule has 2 heterocycles. The number of pyridine rings is 2. The van der Waals surface area contributed by atoms with Gasteiger partial charge in [-0.2, -0.15) is 0 Å². The van der Waals surface area contributed by atoms with Gasteiger partial charge in [0.05, 0.1) is 5.56 Å². The second-order valence-corrected chi connectivity index (χ2v) is 7.22. The van der Waals surface area contributed by atoms with Gasteiger partial charge in [0, 0.05) is 35.6 Å². The molecule has 0 saturated heterocycles. The van der Waals surface area contributed by atoms with Crippen LogP contribution in [-0.4, -0.2) is 28.0 Å². The summed E-state index contributed by atoms with van der Waals surface area (Å²) in [4.78, 5) is 20.6. The lowest BCUT2D eigenvalue weighted by Gasteiger charge is -2.29. The van der Waals surface area contributed by atoms with Crippen molar-refractivity contribution < 1.29 is 4.79 Å². The predicted molar refractivity (Wildman–Crippen MR) is 112 cm³/mol. The van der Waals surface area contributed by atoms with Crippen molar-refractivity contribution >= 4 is 34.0 Å². The van der Waals surface area contributed by atoms with Crippen molar-refractivity contribution in [3.8, 4) is 0 Å². The molecule has 1 aliphatic carbocycles. The highest BCUT2D eigenvalue weighted by atomic mass is 16.1. The van der Waals surface area contributed by atoms with E-state index in [4.69, 9.17) is 11.5 Å². The van der Waals surface area contributed by atoms with Gasteiger partial charge in [0.15, 0.2) is 0 Å². The van der Waals surface area contributed by atoms with Crippen molar-refractivity contribution in [3.05, 3.63) is 54.4 Å². The lowest BCUT2D eigenvalue weighted by Crippen LogP contribution is -2.42. The summed E-state index contributed by atoms with van der Waals surface area (Å²) >= 11 is 0. The summed E-state index contributed by atoms with van der Waals surface area (Å²) in [5.41, 5.74) is 12.9. The largest absolute Gasteiger partial charge is 0.366 e. The number of aromatic nitrogens is 2. The standard InChI is InChI=1S/C21H24N6O/c22-17-3-1-2-4-18(17)26-19-8-7-16(20(23)28)21(27-19)25-15-6-5-14-12-24-10-9-13(14)11-15/h5-12,17-18H,1-4,22H2,(H2,23,28)(H2,25,26,27). The number of benzene rings is 1. The maximum absolute atomic E-state index is 11.9. The molecule has 6 N–H and O–H groups in total. The molecule has 0 radical (unpaired) electrons. The van der Waals surface area contributed by atoms with E-state index >= 15 is 0 Å². The summed E-state index contributed by atoms with van der Waals surface area (Å²) in [6.45, 7) is 0. The topological polar surface area (TPSA) is 119 Å². The third-order valence-electron chi connectivity index (χ3n) is 5.22. The van der Waals surface area contributed by atoms with Crippen LogP contribution in [0.25, 0.3) is 10.8 Å². The van der Waals surface area contributed by atoms with Crippen LogP contribution in [0, 0.1) is 0 Å². The number of hydrogen-bond donors (Lipinski definition) is 4. The van der Waals surface area contributed by atoms with Crippen LogP contribution < -0.4 is 22.1 Å². The Bertz CT molecular complexity index is 1010. The van der Waals surface area contributed by atoms with Gasteiger partial charge >= 0.3 is 0 Å². The Morgan fingerprint density at radius 1 is 1.07 bits per heavy atom. The van der Waals surface area contributed by atoms with Crippen LogP contribution in [0.5, 0.6) is 0 Å². The normalized spacial score (nSPS) is 19.3. The van der Waals surface area contributed by atoms with E-state index in [-0.39, 0.29) is 12.1 Å². The van der Waals surface area contributed by atoms with E-state index < -0.39 is 5.91 Å². The highest BCUT2D eigenvalue weighted by molar-refractivity contribution is 5.99. The minimum Gasteiger partial charge on any atom is -0.366 e. The number of carbonyl (C=O) groups excluding carboxylic acids is 1. The fraction of sp³-hybridized carbons (Fsp3) is 0.286. The Morgan fingerprint density at radius 2 is 1.93 bits per heavy atom. The first-order valence-electron chi connectivity index (χ1n) is 9.54. The molecule has 2 atom stereocenters. The second kappa shape index (κ2) is 7.82. The molecule has 1 fully saturated rings. The Balaban J connectivity index is 1.62. The molecule has 0 spiro atoms. The van der Waals surface area contributed by atoms with Gasteiger partial charge in [0.1, 0.15) is 11.6 Å². The molecule has 1 amide bonds. The number of amides is 1. The number of anilines is 3. The van der Waals surface area contributed by atoms with Gasteiger partial charge in [-0.05, 0) is 48.6 Å². The average molecular weight is 376 g/mol. The second-order valence-electron chi connectivity index (χ2n) is 7.22. The van der Waals surface area contributed by atoms with E-state index in [0.717, 1.165) is 42.1 Å². The number of nitrogens with two attached hydrogens (primary N) is 2. The first-order valence-corrected chi connectivity index (χ1v) is 9.54. The van der Waals surface area contributed by atoms with E-state index in [1.165, 1.54) is 0 Å². The van der Waals surface area contributed by atoms with Crippen LogP contribution in [0.15, 0.2) is 48.8 Å². The van der Waals surface area contributed by atoms with Gasteiger partial charge in [0.25, 0.3) is 5.91 Å². The Kier molecular flexibility index (Phi) is 5.08. The molecule has 0 bridgehead atoms. The van der Waals surface area contributed by atoms with Gasteiger partial charge in [-0.15, -0.1) is 0 Å². The summed E-state index contributed by atoms with van der Waals surface area (Å²) in [6.07, 6.45) is 7.90. The predicted octanol–water partition coefficient (Wildman–Crippen LogP) is 3.15.